The van der Waals surface area contributed by atoms with Gasteiger partial charge in [0, 0.05) is 12.2 Å². The quantitative estimate of drug-likeness (QED) is 0.849. The van der Waals surface area contributed by atoms with Crippen molar-refractivity contribution in [2.75, 3.05) is 19.3 Å². The minimum atomic E-state index is -3.35. The minimum Gasteiger partial charge on any atom is -0.337 e. The van der Waals surface area contributed by atoms with Gasteiger partial charge in [0.25, 0.3) is 0 Å². The lowest BCUT2D eigenvalue weighted by Crippen LogP contribution is -2.49. The van der Waals surface area contributed by atoms with Gasteiger partial charge in [0.2, 0.25) is 15.9 Å². The Morgan fingerprint density at radius 2 is 2.14 bits per heavy atom. The summed E-state index contributed by atoms with van der Waals surface area (Å²) in [7, 11) is -3.35. The van der Waals surface area contributed by atoms with Crippen molar-refractivity contribution in [3.05, 3.63) is 17.5 Å². The van der Waals surface area contributed by atoms with Crippen molar-refractivity contribution in [2.24, 2.45) is 0 Å². The number of carbonyl (C=O) groups excluding carboxylic acids is 1. The summed E-state index contributed by atoms with van der Waals surface area (Å²) in [5, 5.41) is 4.45. The van der Waals surface area contributed by atoms with Gasteiger partial charge in [0.1, 0.15) is 0 Å². The van der Waals surface area contributed by atoms with E-state index in [4.69, 9.17) is 0 Å². The molecule has 7 nitrogen and oxygen atoms in total. The minimum absolute atomic E-state index is 0.0700. The molecule has 0 spiro atoms. The number of aryl methyl sites for hydroxylation is 2. The molecule has 1 amide bonds. The molecule has 1 N–H and O–H groups in total. The average molecular weight is 328 g/mol. The number of nitrogens with one attached hydrogen (secondary N) is 1. The van der Waals surface area contributed by atoms with Crippen LogP contribution in [-0.2, 0) is 21.4 Å². The van der Waals surface area contributed by atoms with Crippen molar-refractivity contribution < 1.29 is 13.2 Å². The third-order valence-corrected chi connectivity index (χ3v) is 4.59. The Morgan fingerprint density at radius 1 is 1.41 bits per heavy atom. The van der Waals surface area contributed by atoms with Crippen LogP contribution in [0.1, 0.15) is 30.7 Å². The molecule has 0 unspecified atom stereocenters. The summed E-state index contributed by atoms with van der Waals surface area (Å²) in [5.74, 6) is -0.170. The Bertz CT molecular complexity index is 639. The molecule has 0 aromatic carbocycles. The molecule has 124 valence electrons. The maximum Gasteiger partial charge on any atom is 0.237 e. The van der Waals surface area contributed by atoms with E-state index >= 15 is 0 Å². The van der Waals surface area contributed by atoms with Crippen LogP contribution in [0.4, 0.5) is 0 Å². The van der Waals surface area contributed by atoms with Crippen LogP contribution >= 0.6 is 0 Å². The van der Waals surface area contributed by atoms with E-state index in [9.17, 15) is 13.2 Å². The zero-order chi connectivity index (χ0) is 16.3. The van der Waals surface area contributed by atoms with Gasteiger partial charge in [-0.2, -0.15) is 5.10 Å². The van der Waals surface area contributed by atoms with Crippen LogP contribution < -0.4 is 4.72 Å². The summed E-state index contributed by atoms with van der Waals surface area (Å²) in [5.41, 5.74) is 2.04. The number of amides is 1. The highest BCUT2D eigenvalue weighted by Gasteiger charge is 2.27. The van der Waals surface area contributed by atoms with E-state index in [1.165, 1.54) is 0 Å². The Labute approximate surface area is 131 Å². The number of hydrogen-bond donors (Lipinski definition) is 1. The molecule has 1 fully saturated rings. The number of rotatable bonds is 5. The first-order valence-electron chi connectivity index (χ1n) is 7.51. The van der Waals surface area contributed by atoms with Gasteiger partial charge in [-0.3, -0.25) is 9.48 Å². The third kappa shape index (κ3) is 4.54. The molecular weight excluding hydrogens is 304 g/mol. The van der Waals surface area contributed by atoms with Crippen molar-refractivity contribution in [3.63, 3.8) is 0 Å². The Hall–Kier alpha value is -1.41. The first-order chi connectivity index (χ1) is 10.3. The van der Waals surface area contributed by atoms with Gasteiger partial charge in [-0.15, -0.1) is 0 Å². The molecule has 8 heteroatoms. The molecule has 22 heavy (non-hydrogen) atoms. The highest BCUT2D eigenvalue weighted by Crippen LogP contribution is 2.19. The molecule has 1 aliphatic heterocycles. The summed E-state index contributed by atoms with van der Waals surface area (Å²) in [4.78, 5) is 14.1. The monoisotopic (exact) mass is 328 g/mol. The second kappa shape index (κ2) is 6.78. The van der Waals surface area contributed by atoms with Gasteiger partial charge in [0.15, 0.2) is 0 Å². The molecule has 2 rings (SSSR count). The Kier molecular flexibility index (Phi) is 5.23. The van der Waals surface area contributed by atoms with Gasteiger partial charge in [0.05, 0.1) is 31.1 Å². The van der Waals surface area contributed by atoms with E-state index in [0.717, 1.165) is 36.9 Å². The lowest BCUT2D eigenvalue weighted by molar-refractivity contribution is -0.133. The van der Waals surface area contributed by atoms with Crippen LogP contribution in [0.2, 0.25) is 0 Å². The molecule has 0 saturated carbocycles. The van der Waals surface area contributed by atoms with Gasteiger partial charge in [-0.1, -0.05) is 0 Å². The van der Waals surface area contributed by atoms with Crippen LogP contribution in [0.25, 0.3) is 0 Å². The molecule has 1 saturated heterocycles. The van der Waals surface area contributed by atoms with Crippen LogP contribution in [0.3, 0.4) is 0 Å². The second-order valence-electron chi connectivity index (χ2n) is 5.94. The standard InChI is InChI=1S/C14H24N4O3S/c1-11-8-12(2)18(16-11)10-13-6-4-5-7-17(13)14(19)9-15-22(3,20)21/h8,13,15H,4-7,9-10H2,1-3H3/t13-/m1/s1. The van der Waals surface area contributed by atoms with Crippen molar-refractivity contribution in [3.8, 4) is 0 Å². The summed E-state index contributed by atoms with van der Waals surface area (Å²) in [6, 6.07) is 2.08. The van der Waals surface area contributed by atoms with E-state index < -0.39 is 10.0 Å². The van der Waals surface area contributed by atoms with Crippen molar-refractivity contribution >= 4 is 15.9 Å². The SMILES string of the molecule is Cc1cc(C)n(C[C@H]2CCCCN2C(=O)CNS(C)(=O)=O)n1. The summed E-state index contributed by atoms with van der Waals surface area (Å²) in [6.45, 7) is 5.11. The van der Waals surface area contributed by atoms with Crippen LogP contribution in [-0.4, -0.2) is 54.4 Å². The molecule has 1 aromatic rings. The van der Waals surface area contributed by atoms with E-state index in [0.29, 0.717) is 13.1 Å². The second-order valence-corrected chi connectivity index (χ2v) is 7.77. The summed E-state index contributed by atoms with van der Waals surface area (Å²) in [6.07, 6.45) is 4.01. The summed E-state index contributed by atoms with van der Waals surface area (Å²) >= 11 is 0. The highest BCUT2D eigenvalue weighted by molar-refractivity contribution is 7.88. The van der Waals surface area contributed by atoms with Crippen molar-refractivity contribution in [1.29, 1.82) is 0 Å². The largest absolute Gasteiger partial charge is 0.337 e. The van der Waals surface area contributed by atoms with Crippen LogP contribution in [0.5, 0.6) is 0 Å². The molecule has 0 bridgehead atoms. The van der Waals surface area contributed by atoms with Gasteiger partial charge in [-0.05, 0) is 39.2 Å². The zero-order valence-electron chi connectivity index (χ0n) is 13.4. The number of carbonyl (C=O) groups is 1. The fraction of sp³-hybridized carbons (Fsp3) is 0.714. The van der Waals surface area contributed by atoms with Crippen molar-refractivity contribution in [1.82, 2.24) is 19.4 Å². The van der Waals surface area contributed by atoms with Crippen LogP contribution in [0.15, 0.2) is 6.07 Å². The number of aromatic nitrogens is 2. The van der Waals surface area contributed by atoms with Gasteiger partial charge < -0.3 is 4.90 Å². The molecule has 1 aliphatic rings. The topological polar surface area (TPSA) is 84.3 Å². The molecule has 1 atom stereocenters. The first-order valence-corrected chi connectivity index (χ1v) is 9.40. The summed E-state index contributed by atoms with van der Waals surface area (Å²) < 4.78 is 26.5. The fourth-order valence-electron chi connectivity index (χ4n) is 2.87. The van der Waals surface area contributed by atoms with E-state index in [-0.39, 0.29) is 18.5 Å². The first kappa shape index (κ1) is 17.0. The molecule has 0 aliphatic carbocycles. The van der Waals surface area contributed by atoms with E-state index in [2.05, 4.69) is 9.82 Å². The van der Waals surface area contributed by atoms with Gasteiger partial charge >= 0.3 is 0 Å². The smallest absolute Gasteiger partial charge is 0.237 e. The lowest BCUT2D eigenvalue weighted by Gasteiger charge is -2.36. The predicted octanol–water partition coefficient (Wildman–Crippen LogP) is 0.430. The average Bonchev–Trinajstić information content (AvgIpc) is 2.74. The Morgan fingerprint density at radius 3 is 2.73 bits per heavy atom. The van der Waals surface area contributed by atoms with E-state index in [1.54, 1.807) is 4.90 Å². The Balaban J connectivity index is 2.04. The highest BCUT2D eigenvalue weighted by atomic mass is 32.2. The molecular formula is C14H24N4O3S. The lowest BCUT2D eigenvalue weighted by atomic mass is 10.0. The maximum atomic E-state index is 12.3. The van der Waals surface area contributed by atoms with E-state index in [1.807, 2.05) is 24.6 Å². The van der Waals surface area contributed by atoms with Crippen molar-refractivity contribution in [2.45, 2.75) is 45.7 Å². The number of nitrogens with zero attached hydrogens (tertiary/aromatic N) is 3. The zero-order valence-corrected chi connectivity index (χ0v) is 14.2. The normalized spacial score (nSPS) is 19.4. The number of sulfonamides is 1. The number of hydrogen-bond acceptors (Lipinski definition) is 4. The van der Waals surface area contributed by atoms with Crippen LogP contribution in [0, 0.1) is 13.8 Å². The molecule has 2 heterocycles. The molecule has 1 aromatic heterocycles. The predicted molar refractivity (Wildman–Crippen MR) is 83.9 cm³/mol. The van der Waals surface area contributed by atoms with Gasteiger partial charge in [-0.25, -0.2) is 13.1 Å². The molecule has 0 radical (unpaired) electrons. The fourth-order valence-corrected chi connectivity index (χ4v) is 3.26. The number of piperidine rings is 1. The maximum absolute atomic E-state index is 12.3. The third-order valence-electron chi connectivity index (χ3n) is 3.92. The number of likely N-dealkylation sites (tertiary alicyclic amines) is 1.